The van der Waals surface area contributed by atoms with E-state index in [9.17, 15) is 4.79 Å². The van der Waals surface area contributed by atoms with Crippen LogP contribution >= 0.6 is 11.5 Å². The molecule has 0 aromatic carbocycles. The molecule has 1 aromatic rings. The lowest BCUT2D eigenvalue weighted by Crippen LogP contribution is -2.36. The van der Waals surface area contributed by atoms with Crippen LogP contribution in [0, 0.1) is 0 Å². The quantitative estimate of drug-likeness (QED) is 0.367. The van der Waals surface area contributed by atoms with E-state index in [1.807, 2.05) is 6.92 Å². The smallest absolute Gasteiger partial charge is 0.333 e. The minimum atomic E-state index is -0.336. The van der Waals surface area contributed by atoms with E-state index < -0.39 is 0 Å². The summed E-state index contributed by atoms with van der Waals surface area (Å²) in [7, 11) is 1.53. The summed E-state index contributed by atoms with van der Waals surface area (Å²) in [6, 6.07) is -0.336. The van der Waals surface area contributed by atoms with Crippen LogP contribution in [0.25, 0.3) is 0 Å². The number of aryl methyl sites for hydroxylation is 1. The van der Waals surface area contributed by atoms with Gasteiger partial charge in [-0.1, -0.05) is 0 Å². The van der Waals surface area contributed by atoms with Gasteiger partial charge in [-0.05, 0) is 13.3 Å². The summed E-state index contributed by atoms with van der Waals surface area (Å²) in [5.74, 6) is 0.710. The van der Waals surface area contributed by atoms with Gasteiger partial charge in [0.05, 0.1) is 13.2 Å². The highest BCUT2D eigenvalue weighted by Gasteiger charge is 2.04. The minimum Gasteiger partial charge on any atom is -0.340 e. The van der Waals surface area contributed by atoms with Crippen molar-refractivity contribution >= 4 is 22.7 Å². The zero-order valence-corrected chi connectivity index (χ0v) is 11.2. The fourth-order valence-corrected chi connectivity index (χ4v) is 1.58. The number of hydrogen-bond acceptors (Lipinski definition) is 7. The molecule has 0 aliphatic heterocycles. The molecule has 102 valence electrons. The molecule has 1 heterocycles. The molecule has 1 rings (SSSR count). The van der Waals surface area contributed by atoms with Crippen molar-refractivity contribution in [2.75, 3.05) is 25.7 Å². The first-order valence-electron chi connectivity index (χ1n) is 5.57. The molecule has 9 heteroatoms. The number of hydrazine groups is 1. The van der Waals surface area contributed by atoms with Gasteiger partial charge < -0.3 is 5.32 Å². The van der Waals surface area contributed by atoms with E-state index in [0.29, 0.717) is 30.6 Å². The lowest BCUT2D eigenvalue weighted by Gasteiger charge is -2.02. The molecule has 1 aromatic heterocycles. The molecule has 0 aliphatic rings. The third-order valence-corrected chi connectivity index (χ3v) is 2.48. The average molecular weight is 275 g/mol. The number of hydrogen-bond donors (Lipinski definition) is 3. The second-order valence-corrected chi connectivity index (χ2v) is 3.93. The molecule has 0 saturated carbocycles. The van der Waals surface area contributed by atoms with Gasteiger partial charge in [0.15, 0.2) is 0 Å². The average Bonchev–Trinajstić information content (AvgIpc) is 2.83. The Balaban J connectivity index is 2.19. The Hall–Kier alpha value is -1.45. The molecule has 8 nitrogen and oxygen atoms in total. The van der Waals surface area contributed by atoms with Crippen molar-refractivity contribution in [2.45, 2.75) is 19.8 Å². The van der Waals surface area contributed by atoms with Crippen molar-refractivity contribution in [3.8, 4) is 0 Å². The summed E-state index contributed by atoms with van der Waals surface area (Å²) in [4.78, 5) is 24.7. The Labute approximate surface area is 109 Å². The van der Waals surface area contributed by atoms with Crippen molar-refractivity contribution in [1.82, 2.24) is 20.1 Å². The highest BCUT2D eigenvalue weighted by atomic mass is 32.1. The van der Waals surface area contributed by atoms with Gasteiger partial charge in [0.1, 0.15) is 5.82 Å². The van der Waals surface area contributed by atoms with E-state index in [0.717, 1.165) is 6.42 Å². The van der Waals surface area contributed by atoms with Crippen LogP contribution in [0.5, 0.6) is 0 Å². The van der Waals surface area contributed by atoms with Crippen LogP contribution in [0.2, 0.25) is 0 Å². The predicted octanol–water partition coefficient (Wildman–Crippen LogP) is 0.695. The van der Waals surface area contributed by atoms with Crippen LogP contribution in [0.1, 0.15) is 19.2 Å². The molecular weight excluding hydrogens is 258 g/mol. The molecular formula is C9H17N5O3S. The zero-order chi connectivity index (χ0) is 13.2. The summed E-state index contributed by atoms with van der Waals surface area (Å²) in [6.45, 7) is 2.90. The molecule has 2 amide bonds. The maximum absolute atomic E-state index is 10.9. The SMILES string of the molecule is CCOOCCCc1nsc(NNC(=O)NC)n1. The van der Waals surface area contributed by atoms with E-state index in [1.165, 1.54) is 18.6 Å². The lowest BCUT2D eigenvalue weighted by molar-refractivity contribution is -0.291. The van der Waals surface area contributed by atoms with Crippen molar-refractivity contribution in [3.63, 3.8) is 0 Å². The zero-order valence-electron chi connectivity index (χ0n) is 10.4. The van der Waals surface area contributed by atoms with Gasteiger partial charge in [-0.15, -0.1) is 0 Å². The minimum absolute atomic E-state index is 0.336. The number of anilines is 1. The van der Waals surface area contributed by atoms with E-state index in [1.54, 1.807) is 0 Å². The highest BCUT2D eigenvalue weighted by molar-refractivity contribution is 7.09. The Morgan fingerprint density at radius 2 is 2.28 bits per heavy atom. The maximum Gasteiger partial charge on any atom is 0.333 e. The maximum atomic E-state index is 10.9. The summed E-state index contributed by atoms with van der Waals surface area (Å²) in [5.41, 5.74) is 5.06. The van der Waals surface area contributed by atoms with Crippen LogP contribution in [0.15, 0.2) is 0 Å². The van der Waals surface area contributed by atoms with E-state index in [4.69, 9.17) is 9.78 Å². The van der Waals surface area contributed by atoms with Crippen molar-refractivity contribution in [2.24, 2.45) is 0 Å². The molecule has 0 spiro atoms. The van der Waals surface area contributed by atoms with Gasteiger partial charge in [0.2, 0.25) is 5.13 Å². The van der Waals surface area contributed by atoms with Crippen molar-refractivity contribution < 1.29 is 14.6 Å². The van der Waals surface area contributed by atoms with Gasteiger partial charge in [-0.3, -0.25) is 5.43 Å². The van der Waals surface area contributed by atoms with Crippen LogP contribution < -0.4 is 16.2 Å². The second kappa shape index (κ2) is 8.61. The first kappa shape index (κ1) is 14.6. The van der Waals surface area contributed by atoms with Gasteiger partial charge in [-0.2, -0.15) is 4.37 Å². The second-order valence-electron chi connectivity index (χ2n) is 3.18. The standard InChI is InChI=1S/C9H17N5O3S/c1-3-16-17-6-4-5-7-11-9(18-14-7)13-12-8(15)10-2/h3-6H2,1-2H3,(H2,10,12,15)(H,11,13,14). The number of rotatable bonds is 8. The van der Waals surface area contributed by atoms with E-state index in [-0.39, 0.29) is 6.03 Å². The summed E-state index contributed by atoms with van der Waals surface area (Å²) in [5, 5.41) is 2.95. The number of nitrogens with zero attached hydrogens (tertiary/aromatic N) is 2. The van der Waals surface area contributed by atoms with Gasteiger partial charge in [0.25, 0.3) is 0 Å². The largest absolute Gasteiger partial charge is 0.340 e. The van der Waals surface area contributed by atoms with Crippen molar-refractivity contribution in [1.29, 1.82) is 0 Å². The number of nitrogens with one attached hydrogen (secondary N) is 3. The summed E-state index contributed by atoms with van der Waals surface area (Å²) in [6.07, 6.45) is 1.48. The first-order valence-corrected chi connectivity index (χ1v) is 6.34. The first-order chi connectivity index (χ1) is 8.76. The normalized spacial score (nSPS) is 10.1. The summed E-state index contributed by atoms with van der Waals surface area (Å²) >= 11 is 1.18. The van der Waals surface area contributed by atoms with Crippen LogP contribution in [-0.2, 0) is 16.2 Å². The fourth-order valence-electron chi connectivity index (χ4n) is 1.01. The number of urea groups is 1. The number of carbonyl (C=O) groups excluding carboxylic acids is 1. The molecule has 18 heavy (non-hydrogen) atoms. The Bertz CT molecular complexity index is 360. The number of amides is 2. The topological polar surface area (TPSA) is 97.4 Å². The Morgan fingerprint density at radius 1 is 1.44 bits per heavy atom. The highest BCUT2D eigenvalue weighted by Crippen LogP contribution is 2.10. The molecule has 0 saturated heterocycles. The molecule has 0 fully saturated rings. The van der Waals surface area contributed by atoms with Crippen molar-refractivity contribution in [3.05, 3.63) is 5.82 Å². The molecule has 0 radical (unpaired) electrons. The third kappa shape index (κ3) is 5.75. The van der Waals surface area contributed by atoms with Gasteiger partial charge in [0, 0.05) is 25.0 Å². The Morgan fingerprint density at radius 3 is 3.00 bits per heavy atom. The molecule has 3 N–H and O–H groups in total. The monoisotopic (exact) mass is 275 g/mol. The molecule has 0 atom stereocenters. The number of carbonyl (C=O) groups is 1. The Kier molecular flexibility index (Phi) is 6.99. The van der Waals surface area contributed by atoms with Gasteiger partial charge >= 0.3 is 6.03 Å². The van der Waals surface area contributed by atoms with Crippen LogP contribution in [0.4, 0.5) is 9.93 Å². The third-order valence-electron chi connectivity index (χ3n) is 1.81. The van der Waals surface area contributed by atoms with Gasteiger partial charge in [-0.25, -0.2) is 25.0 Å². The number of aromatic nitrogens is 2. The fraction of sp³-hybridized carbons (Fsp3) is 0.667. The predicted molar refractivity (Wildman–Crippen MR) is 67.0 cm³/mol. The van der Waals surface area contributed by atoms with Crippen LogP contribution in [0.3, 0.4) is 0 Å². The van der Waals surface area contributed by atoms with Crippen LogP contribution in [-0.4, -0.2) is 35.7 Å². The van der Waals surface area contributed by atoms with E-state index in [2.05, 4.69) is 25.5 Å². The molecule has 0 aliphatic carbocycles. The molecule has 0 unspecified atom stereocenters. The summed E-state index contributed by atoms with van der Waals surface area (Å²) < 4.78 is 4.14. The lowest BCUT2D eigenvalue weighted by atomic mass is 10.3. The molecule has 0 bridgehead atoms. The van der Waals surface area contributed by atoms with E-state index >= 15 is 0 Å².